The Morgan fingerprint density at radius 1 is 1.10 bits per heavy atom. The van der Waals surface area contributed by atoms with Crippen molar-refractivity contribution in [2.75, 3.05) is 0 Å². The maximum absolute atomic E-state index is 12.4. The van der Waals surface area contributed by atoms with Crippen molar-refractivity contribution >= 4 is 11.8 Å². The Labute approximate surface area is 117 Å². The summed E-state index contributed by atoms with van der Waals surface area (Å²) in [5.74, 6) is -1.64. The standard InChI is InChI=1S/C16H17NO3/c1-10-4-6-12(7-5-10)15(18)14-9-8-13(17(14)3)11(2)16(19)20/h4-9,11H,1-3H3,(H,19,20). The summed E-state index contributed by atoms with van der Waals surface area (Å²) in [7, 11) is 1.72. The number of carboxylic acids is 1. The van der Waals surface area contributed by atoms with Gasteiger partial charge in [-0.1, -0.05) is 29.8 Å². The van der Waals surface area contributed by atoms with E-state index in [1.54, 1.807) is 42.8 Å². The lowest BCUT2D eigenvalue weighted by Gasteiger charge is -2.10. The molecular weight excluding hydrogens is 254 g/mol. The number of aliphatic carboxylic acids is 1. The first-order valence-corrected chi connectivity index (χ1v) is 6.41. The van der Waals surface area contributed by atoms with E-state index in [9.17, 15) is 9.59 Å². The number of carbonyl (C=O) groups is 2. The fraction of sp³-hybridized carbons (Fsp3) is 0.250. The second-order valence-electron chi connectivity index (χ2n) is 4.96. The Bertz CT molecular complexity index is 653. The highest BCUT2D eigenvalue weighted by molar-refractivity contribution is 6.08. The monoisotopic (exact) mass is 271 g/mol. The highest BCUT2D eigenvalue weighted by Crippen LogP contribution is 2.20. The molecule has 0 aliphatic rings. The van der Waals surface area contributed by atoms with Crippen LogP contribution in [-0.4, -0.2) is 21.4 Å². The number of nitrogens with zero attached hydrogens (tertiary/aromatic N) is 1. The molecule has 4 heteroatoms. The van der Waals surface area contributed by atoms with Crippen molar-refractivity contribution in [2.45, 2.75) is 19.8 Å². The molecule has 1 aromatic carbocycles. The van der Waals surface area contributed by atoms with Crippen molar-refractivity contribution in [3.8, 4) is 0 Å². The number of aromatic nitrogens is 1. The second kappa shape index (κ2) is 5.33. The Kier molecular flexibility index (Phi) is 3.74. The predicted octanol–water partition coefficient (Wildman–Crippen LogP) is 2.75. The fourth-order valence-corrected chi connectivity index (χ4v) is 2.17. The van der Waals surface area contributed by atoms with Gasteiger partial charge in [-0.3, -0.25) is 9.59 Å². The lowest BCUT2D eigenvalue weighted by atomic mass is 10.1. The Balaban J connectivity index is 2.37. The van der Waals surface area contributed by atoms with Gasteiger partial charge in [0.1, 0.15) is 0 Å². The molecule has 0 bridgehead atoms. The van der Waals surface area contributed by atoms with Gasteiger partial charge in [0.05, 0.1) is 11.6 Å². The number of hydrogen-bond acceptors (Lipinski definition) is 2. The van der Waals surface area contributed by atoms with Crippen LogP contribution in [0.3, 0.4) is 0 Å². The van der Waals surface area contributed by atoms with E-state index in [0.717, 1.165) is 5.56 Å². The minimum absolute atomic E-state index is 0.101. The van der Waals surface area contributed by atoms with E-state index in [0.29, 0.717) is 17.0 Å². The lowest BCUT2D eigenvalue weighted by molar-refractivity contribution is -0.138. The first-order valence-electron chi connectivity index (χ1n) is 6.41. The smallest absolute Gasteiger partial charge is 0.312 e. The third kappa shape index (κ3) is 2.50. The first-order chi connectivity index (χ1) is 9.41. The molecule has 2 rings (SSSR count). The van der Waals surface area contributed by atoms with Crippen LogP contribution in [0.25, 0.3) is 0 Å². The summed E-state index contributed by atoms with van der Waals surface area (Å²) >= 11 is 0. The molecule has 2 aromatic rings. The molecule has 1 heterocycles. The van der Waals surface area contributed by atoms with Crippen molar-refractivity contribution in [1.82, 2.24) is 4.57 Å². The van der Waals surface area contributed by atoms with Crippen LogP contribution >= 0.6 is 0 Å². The first kappa shape index (κ1) is 14.1. The van der Waals surface area contributed by atoms with Crippen LogP contribution in [0.5, 0.6) is 0 Å². The quantitative estimate of drug-likeness (QED) is 0.870. The summed E-state index contributed by atoms with van der Waals surface area (Å²) in [6, 6.07) is 10.7. The second-order valence-corrected chi connectivity index (χ2v) is 4.96. The minimum atomic E-state index is -0.902. The molecule has 0 amide bonds. The molecule has 0 aliphatic carbocycles. The number of rotatable bonds is 4. The molecule has 0 saturated heterocycles. The third-order valence-electron chi connectivity index (χ3n) is 3.52. The van der Waals surface area contributed by atoms with E-state index >= 15 is 0 Å². The maximum atomic E-state index is 12.4. The molecular formula is C16H17NO3. The molecule has 1 atom stereocenters. The molecule has 0 radical (unpaired) electrons. The number of benzene rings is 1. The Hall–Kier alpha value is -2.36. The minimum Gasteiger partial charge on any atom is -0.481 e. The molecule has 1 aromatic heterocycles. The average molecular weight is 271 g/mol. The molecule has 0 aliphatic heterocycles. The summed E-state index contributed by atoms with van der Waals surface area (Å²) in [5, 5.41) is 9.06. The highest BCUT2D eigenvalue weighted by Gasteiger charge is 2.21. The van der Waals surface area contributed by atoms with Crippen LogP contribution in [0.2, 0.25) is 0 Å². The summed E-state index contributed by atoms with van der Waals surface area (Å²) < 4.78 is 1.65. The van der Waals surface area contributed by atoms with Crippen molar-refractivity contribution in [3.63, 3.8) is 0 Å². The van der Waals surface area contributed by atoms with Crippen LogP contribution in [-0.2, 0) is 11.8 Å². The predicted molar refractivity (Wildman–Crippen MR) is 76.1 cm³/mol. The van der Waals surface area contributed by atoms with Crippen molar-refractivity contribution in [2.24, 2.45) is 7.05 Å². The lowest BCUT2D eigenvalue weighted by Crippen LogP contribution is -2.14. The molecule has 20 heavy (non-hydrogen) atoms. The summed E-state index contributed by atoms with van der Waals surface area (Å²) in [6.07, 6.45) is 0. The average Bonchev–Trinajstić information content (AvgIpc) is 2.79. The van der Waals surface area contributed by atoms with Crippen molar-refractivity contribution in [1.29, 1.82) is 0 Å². The zero-order valence-corrected chi connectivity index (χ0v) is 11.8. The normalized spacial score (nSPS) is 12.2. The molecule has 1 N–H and O–H groups in total. The van der Waals surface area contributed by atoms with Gasteiger partial charge in [-0.25, -0.2) is 0 Å². The van der Waals surface area contributed by atoms with Gasteiger partial charge in [-0.15, -0.1) is 0 Å². The number of carboxylic acid groups (broad SMARTS) is 1. The van der Waals surface area contributed by atoms with E-state index in [1.165, 1.54) is 0 Å². The summed E-state index contributed by atoms with van der Waals surface area (Å²) in [6.45, 7) is 3.57. The molecule has 1 unspecified atom stereocenters. The third-order valence-corrected chi connectivity index (χ3v) is 3.52. The van der Waals surface area contributed by atoms with Gasteiger partial charge in [-0.2, -0.15) is 0 Å². The number of carbonyl (C=O) groups excluding carboxylic acids is 1. The molecule has 0 saturated carbocycles. The summed E-state index contributed by atoms with van der Waals surface area (Å²) in [5.41, 5.74) is 2.81. The zero-order valence-electron chi connectivity index (χ0n) is 11.8. The van der Waals surface area contributed by atoms with Gasteiger partial charge in [0.2, 0.25) is 5.78 Å². The van der Waals surface area contributed by atoms with Crippen LogP contribution in [0.1, 0.15) is 40.2 Å². The van der Waals surface area contributed by atoms with Crippen molar-refractivity contribution < 1.29 is 14.7 Å². The van der Waals surface area contributed by atoms with E-state index in [4.69, 9.17) is 5.11 Å². The highest BCUT2D eigenvalue weighted by atomic mass is 16.4. The van der Waals surface area contributed by atoms with Gasteiger partial charge < -0.3 is 9.67 Å². The number of aryl methyl sites for hydroxylation is 1. The van der Waals surface area contributed by atoms with E-state index in [1.807, 2.05) is 19.1 Å². The van der Waals surface area contributed by atoms with Gasteiger partial charge in [-0.05, 0) is 26.0 Å². The maximum Gasteiger partial charge on any atom is 0.312 e. The summed E-state index contributed by atoms with van der Waals surface area (Å²) in [4.78, 5) is 23.5. The number of hydrogen-bond donors (Lipinski definition) is 1. The van der Waals surface area contributed by atoms with E-state index in [2.05, 4.69) is 0 Å². The van der Waals surface area contributed by atoms with E-state index in [-0.39, 0.29) is 5.78 Å². The van der Waals surface area contributed by atoms with Crippen LogP contribution in [0, 0.1) is 6.92 Å². The van der Waals surface area contributed by atoms with Gasteiger partial charge in [0.25, 0.3) is 0 Å². The molecule has 0 spiro atoms. The van der Waals surface area contributed by atoms with Crippen molar-refractivity contribution in [3.05, 3.63) is 58.9 Å². The van der Waals surface area contributed by atoms with Gasteiger partial charge in [0, 0.05) is 18.3 Å². The fourth-order valence-electron chi connectivity index (χ4n) is 2.17. The van der Waals surface area contributed by atoms with Crippen LogP contribution in [0.15, 0.2) is 36.4 Å². The zero-order chi connectivity index (χ0) is 14.9. The molecule has 0 fully saturated rings. The molecule has 4 nitrogen and oxygen atoms in total. The van der Waals surface area contributed by atoms with Crippen LogP contribution < -0.4 is 0 Å². The van der Waals surface area contributed by atoms with Crippen LogP contribution in [0.4, 0.5) is 0 Å². The van der Waals surface area contributed by atoms with E-state index < -0.39 is 11.9 Å². The topological polar surface area (TPSA) is 59.3 Å². The number of ketones is 1. The molecule has 104 valence electrons. The Morgan fingerprint density at radius 3 is 2.25 bits per heavy atom. The van der Waals surface area contributed by atoms with Gasteiger partial charge in [0.15, 0.2) is 0 Å². The van der Waals surface area contributed by atoms with Gasteiger partial charge >= 0.3 is 5.97 Å². The largest absolute Gasteiger partial charge is 0.481 e. The SMILES string of the molecule is Cc1ccc(C(=O)c2ccc(C(C)C(=O)O)n2C)cc1. The Morgan fingerprint density at radius 2 is 1.70 bits per heavy atom.